The molecule has 1 aliphatic heterocycles. The molecule has 1 amide bonds. The first-order valence-corrected chi connectivity index (χ1v) is 10.2. The van der Waals surface area contributed by atoms with Gasteiger partial charge >= 0.3 is 0 Å². The summed E-state index contributed by atoms with van der Waals surface area (Å²) in [6.07, 6.45) is 1.79. The minimum Gasteiger partial charge on any atom is -0.336 e. The van der Waals surface area contributed by atoms with Crippen LogP contribution in [0, 0.1) is 0 Å². The van der Waals surface area contributed by atoms with Crippen LogP contribution in [0.1, 0.15) is 37.2 Å². The highest BCUT2D eigenvalue weighted by Gasteiger charge is 2.28. The van der Waals surface area contributed by atoms with Gasteiger partial charge < -0.3 is 9.47 Å². The average Bonchev–Trinajstić information content (AvgIpc) is 3.04. The van der Waals surface area contributed by atoms with Crippen molar-refractivity contribution in [1.82, 2.24) is 18.8 Å². The lowest BCUT2D eigenvalue weighted by atomic mass is 10.1. The van der Waals surface area contributed by atoms with Crippen molar-refractivity contribution in [1.29, 1.82) is 0 Å². The topological polar surface area (TPSA) is 75.5 Å². The molecular formula is C17H24N4O3S. The van der Waals surface area contributed by atoms with Gasteiger partial charge in [0.25, 0.3) is 5.91 Å². The Hall–Kier alpha value is -1.93. The molecule has 1 fully saturated rings. The van der Waals surface area contributed by atoms with E-state index in [-0.39, 0.29) is 11.7 Å². The lowest BCUT2D eigenvalue weighted by Gasteiger charge is -2.33. The molecule has 0 radical (unpaired) electrons. The first kappa shape index (κ1) is 17.9. The lowest BCUT2D eigenvalue weighted by Crippen LogP contribution is -2.50. The number of fused-ring (bicyclic) bond motifs is 1. The smallest absolute Gasteiger partial charge is 0.254 e. The van der Waals surface area contributed by atoms with Gasteiger partial charge in [-0.1, -0.05) is 0 Å². The first-order chi connectivity index (χ1) is 11.8. The van der Waals surface area contributed by atoms with E-state index in [1.807, 2.05) is 18.2 Å². The molecular weight excluding hydrogens is 340 g/mol. The third-order valence-corrected chi connectivity index (χ3v) is 6.54. The number of amides is 1. The molecule has 1 aromatic heterocycles. The van der Waals surface area contributed by atoms with Crippen molar-refractivity contribution in [3.63, 3.8) is 0 Å². The second-order valence-electron chi connectivity index (χ2n) is 6.54. The van der Waals surface area contributed by atoms with Crippen molar-refractivity contribution < 1.29 is 13.2 Å². The molecule has 8 heteroatoms. The van der Waals surface area contributed by atoms with E-state index in [0.717, 1.165) is 11.0 Å². The van der Waals surface area contributed by atoms with Gasteiger partial charge in [-0.05, 0) is 39.0 Å². The zero-order chi connectivity index (χ0) is 18.2. The van der Waals surface area contributed by atoms with E-state index in [1.54, 1.807) is 18.2 Å². The summed E-state index contributed by atoms with van der Waals surface area (Å²) in [5, 5.41) is 0. The lowest BCUT2D eigenvalue weighted by molar-refractivity contribution is 0.0698. The number of nitrogens with zero attached hydrogens (tertiary/aromatic N) is 4. The predicted octanol–water partition coefficient (Wildman–Crippen LogP) is 1.72. The van der Waals surface area contributed by atoms with Crippen LogP contribution in [0.4, 0.5) is 0 Å². The van der Waals surface area contributed by atoms with Crippen molar-refractivity contribution in [3.8, 4) is 0 Å². The van der Waals surface area contributed by atoms with Gasteiger partial charge in [-0.2, -0.15) is 4.31 Å². The van der Waals surface area contributed by atoms with Crippen molar-refractivity contribution in [2.24, 2.45) is 0 Å². The summed E-state index contributed by atoms with van der Waals surface area (Å²) in [5.41, 5.74) is 2.39. The number of imidazole rings is 1. The van der Waals surface area contributed by atoms with Gasteiger partial charge in [-0.25, -0.2) is 13.4 Å². The van der Waals surface area contributed by atoms with Crippen molar-refractivity contribution in [2.45, 2.75) is 26.8 Å². The van der Waals surface area contributed by atoms with E-state index in [4.69, 9.17) is 0 Å². The number of piperazine rings is 1. The van der Waals surface area contributed by atoms with Crippen molar-refractivity contribution in [3.05, 3.63) is 30.1 Å². The number of aromatic nitrogens is 2. The highest BCUT2D eigenvalue weighted by Crippen LogP contribution is 2.20. The van der Waals surface area contributed by atoms with Gasteiger partial charge in [-0.3, -0.25) is 4.79 Å². The van der Waals surface area contributed by atoms with Gasteiger partial charge in [0.15, 0.2) is 0 Å². The molecule has 3 rings (SSSR count). The number of hydrogen-bond donors (Lipinski definition) is 0. The maximum atomic E-state index is 12.7. The maximum Gasteiger partial charge on any atom is 0.254 e. The quantitative estimate of drug-likeness (QED) is 0.828. The Labute approximate surface area is 148 Å². The number of sulfonamides is 1. The summed E-state index contributed by atoms with van der Waals surface area (Å²) in [4.78, 5) is 18.8. The fraction of sp³-hybridized carbons (Fsp3) is 0.529. The van der Waals surface area contributed by atoms with Crippen molar-refractivity contribution in [2.75, 3.05) is 31.9 Å². The molecule has 0 atom stereocenters. The van der Waals surface area contributed by atoms with Crippen LogP contribution < -0.4 is 0 Å². The van der Waals surface area contributed by atoms with Crippen LogP contribution in [0.2, 0.25) is 0 Å². The molecule has 0 saturated carbocycles. The van der Waals surface area contributed by atoms with E-state index in [9.17, 15) is 13.2 Å². The SMILES string of the molecule is CCS(=O)(=O)N1CCN(C(=O)c2ccc3c(c2)ncn3C(C)C)CC1. The maximum absolute atomic E-state index is 12.7. The summed E-state index contributed by atoms with van der Waals surface area (Å²) >= 11 is 0. The summed E-state index contributed by atoms with van der Waals surface area (Å²) in [6.45, 7) is 7.34. The molecule has 1 aliphatic rings. The summed E-state index contributed by atoms with van der Waals surface area (Å²) in [5.74, 6) is 0.0189. The number of rotatable bonds is 4. The van der Waals surface area contributed by atoms with Crippen LogP contribution in [0.5, 0.6) is 0 Å². The molecule has 25 heavy (non-hydrogen) atoms. The Morgan fingerprint density at radius 2 is 1.88 bits per heavy atom. The summed E-state index contributed by atoms with van der Waals surface area (Å²) in [6, 6.07) is 5.86. The number of carbonyl (C=O) groups excluding carboxylic acids is 1. The van der Waals surface area contributed by atoms with Gasteiger partial charge in [0.1, 0.15) is 0 Å². The monoisotopic (exact) mass is 364 g/mol. The third-order valence-electron chi connectivity index (χ3n) is 4.66. The van der Waals surface area contributed by atoms with Gasteiger partial charge in [0, 0.05) is 37.8 Å². The molecule has 0 spiro atoms. The number of carbonyl (C=O) groups is 1. The van der Waals surface area contributed by atoms with Gasteiger partial charge in [0.2, 0.25) is 10.0 Å². The van der Waals surface area contributed by atoms with Gasteiger partial charge in [-0.15, -0.1) is 0 Å². The average molecular weight is 364 g/mol. The second kappa shape index (κ2) is 6.76. The van der Waals surface area contributed by atoms with Crippen LogP contribution in [-0.4, -0.2) is 65.0 Å². The van der Waals surface area contributed by atoms with E-state index in [0.29, 0.717) is 37.8 Å². The van der Waals surface area contributed by atoms with E-state index in [1.165, 1.54) is 4.31 Å². The highest BCUT2D eigenvalue weighted by atomic mass is 32.2. The zero-order valence-corrected chi connectivity index (χ0v) is 15.7. The summed E-state index contributed by atoms with van der Waals surface area (Å²) < 4.78 is 27.4. The molecule has 2 heterocycles. The molecule has 136 valence electrons. The van der Waals surface area contributed by atoms with Crippen LogP contribution in [-0.2, 0) is 10.0 Å². The van der Waals surface area contributed by atoms with E-state index in [2.05, 4.69) is 23.4 Å². The predicted molar refractivity (Wildman–Crippen MR) is 97.1 cm³/mol. The molecule has 0 bridgehead atoms. The minimum atomic E-state index is -3.19. The van der Waals surface area contributed by atoms with Gasteiger partial charge in [0.05, 0.1) is 23.1 Å². The van der Waals surface area contributed by atoms with Crippen LogP contribution in [0.25, 0.3) is 11.0 Å². The Bertz CT molecular complexity index is 880. The van der Waals surface area contributed by atoms with Crippen molar-refractivity contribution >= 4 is 27.0 Å². The Morgan fingerprint density at radius 3 is 2.48 bits per heavy atom. The molecule has 0 aliphatic carbocycles. The Morgan fingerprint density at radius 1 is 1.20 bits per heavy atom. The van der Waals surface area contributed by atoms with Crippen LogP contribution in [0.3, 0.4) is 0 Å². The Balaban J connectivity index is 1.75. The normalized spacial score (nSPS) is 16.7. The van der Waals surface area contributed by atoms with E-state index < -0.39 is 10.0 Å². The molecule has 0 unspecified atom stereocenters. The third kappa shape index (κ3) is 3.41. The first-order valence-electron chi connectivity index (χ1n) is 8.57. The number of hydrogen-bond acceptors (Lipinski definition) is 4. The molecule has 0 N–H and O–H groups in total. The fourth-order valence-corrected chi connectivity index (χ4v) is 4.20. The standard InChI is InChI=1S/C17H24N4O3S/c1-4-25(23,24)20-9-7-19(8-10-20)17(22)14-5-6-16-15(11-14)18-12-21(16)13(2)3/h5-6,11-13H,4,7-10H2,1-3H3. The highest BCUT2D eigenvalue weighted by molar-refractivity contribution is 7.89. The Kier molecular flexibility index (Phi) is 4.83. The molecule has 1 aromatic carbocycles. The molecule has 7 nitrogen and oxygen atoms in total. The van der Waals surface area contributed by atoms with Crippen LogP contribution >= 0.6 is 0 Å². The zero-order valence-electron chi connectivity index (χ0n) is 14.8. The fourth-order valence-electron chi connectivity index (χ4n) is 3.11. The second-order valence-corrected chi connectivity index (χ2v) is 8.80. The number of benzene rings is 1. The molecule has 2 aromatic rings. The minimum absolute atomic E-state index is 0.0745. The largest absolute Gasteiger partial charge is 0.336 e. The summed E-state index contributed by atoms with van der Waals surface area (Å²) in [7, 11) is -3.19. The molecule has 1 saturated heterocycles. The van der Waals surface area contributed by atoms with Crippen LogP contribution in [0.15, 0.2) is 24.5 Å². The van der Waals surface area contributed by atoms with E-state index >= 15 is 0 Å².